The van der Waals surface area contributed by atoms with E-state index in [1.54, 1.807) is 12.1 Å². The number of hydrogen-bond donors (Lipinski definition) is 0. The molecule has 48 heavy (non-hydrogen) atoms. The second-order valence-electron chi connectivity index (χ2n) is 11.5. The third-order valence-electron chi connectivity index (χ3n) is 7.49. The van der Waals surface area contributed by atoms with E-state index in [4.69, 9.17) is 19.7 Å². The van der Waals surface area contributed by atoms with Gasteiger partial charge in [-0.25, -0.2) is 0 Å². The number of unbranched alkanes of at least 4 members (excludes halogenated alkanes) is 8. The summed E-state index contributed by atoms with van der Waals surface area (Å²) in [7, 11) is 0. The molecule has 14 nitrogen and oxygen atoms in total. The molecule has 0 aliphatic rings. The first-order chi connectivity index (χ1) is 23.5. The lowest BCUT2D eigenvalue weighted by Crippen LogP contribution is -2.40. The first kappa shape index (κ1) is 42.2. The van der Waals surface area contributed by atoms with Crippen LogP contribution >= 0.6 is 0 Å². The minimum absolute atomic E-state index is 0.0434. The molecule has 0 amide bonds. The Hall–Kier alpha value is -3.84. The van der Waals surface area contributed by atoms with Gasteiger partial charge in [-0.3, -0.25) is 24.0 Å². The van der Waals surface area contributed by atoms with Crippen molar-refractivity contribution in [1.82, 2.24) is 0 Å². The van der Waals surface area contributed by atoms with Crippen LogP contribution in [-0.2, 0) is 54.1 Å². The predicted molar refractivity (Wildman–Crippen MR) is 175 cm³/mol. The van der Waals surface area contributed by atoms with Crippen molar-refractivity contribution in [3.63, 3.8) is 0 Å². The number of benzene rings is 1. The molecule has 0 heterocycles. The van der Waals surface area contributed by atoms with E-state index in [0.717, 1.165) is 63.4 Å². The van der Waals surface area contributed by atoms with Crippen LogP contribution in [0.5, 0.6) is 0 Å². The number of ether oxygens (including phenoxy) is 6. The molecule has 0 saturated carbocycles. The highest BCUT2D eigenvalue weighted by atomic mass is 16.6. The van der Waals surface area contributed by atoms with Crippen LogP contribution in [0.25, 0.3) is 10.4 Å². The largest absolute Gasteiger partial charge is 0.465 e. The zero-order valence-corrected chi connectivity index (χ0v) is 27.9. The molecule has 0 bridgehead atoms. The van der Waals surface area contributed by atoms with Gasteiger partial charge in [0.2, 0.25) is 0 Å². The lowest BCUT2D eigenvalue weighted by molar-refractivity contribution is -0.136. The fourth-order valence-corrected chi connectivity index (χ4v) is 5.02. The van der Waals surface area contributed by atoms with Crippen LogP contribution in [-0.4, -0.2) is 90.4 Å². The molecule has 0 aliphatic carbocycles. The summed E-state index contributed by atoms with van der Waals surface area (Å²) in [5, 5.41) is 3.52. The molecule has 14 heteroatoms. The summed E-state index contributed by atoms with van der Waals surface area (Å²) in [6.07, 6.45) is 10.0. The number of carbonyl (C=O) groups excluding carboxylic acids is 5. The smallest absolute Gasteiger partial charge is 0.293 e. The zero-order valence-electron chi connectivity index (χ0n) is 27.9. The van der Waals surface area contributed by atoms with E-state index in [0.29, 0.717) is 37.8 Å². The van der Waals surface area contributed by atoms with E-state index in [-0.39, 0.29) is 84.0 Å². The monoisotopic (exact) mass is 677 g/mol. The van der Waals surface area contributed by atoms with E-state index >= 15 is 0 Å². The fourth-order valence-electron chi connectivity index (χ4n) is 5.02. The van der Waals surface area contributed by atoms with Gasteiger partial charge in [0.1, 0.15) is 25.6 Å². The first-order valence-corrected chi connectivity index (χ1v) is 16.5. The summed E-state index contributed by atoms with van der Waals surface area (Å²) in [4.78, 5) is 59.5. The van der Waals surface area contributed by atoms with Crippen LogP contribution in [0.15, 0.2) is 29.4 Å². The minimum Gasteiger partial charge on any atom is -0.465 e. The van der Waals surface area contributed by atoms with Gasteiger partial charge in [-0.05, 0) is 23.9 Å². The van der Waals surface area contributed by atoms with Crippen LogP contribution < -0.4 is 0 Å². The standard InChI is InChI=1S/C34H51N3O11/c35-37-36-23-30-12-14-31(15-13-30)33(42)11-9-7-5-3-1-2-4-6-8-10-32(41)22-34(24-43-16-19-46-27-38,25-44-17-20-47-28-39)26-45-18-21-48-29-40/h12-15,27-29H,1-11,16-26H2. The predicted octanol–water partition coefficient (Wildman–Crippen LogP) is 5.49. The molecule has 268 valence electrons. The Labute approximate surface area is 282 Å². The summed E-state index contributed by atoms with van der Waals surface area (Å²) in [6.45, 7) is 2.16. The molecule has 0 aromatic heterocycles. The van der Waals surface area contributed by atoms with Crippen LogP contribution in [0.2, 0.25) is 0 Å². The van der Waals surface area contributed by atoms with Gasteiger partial charge >= 0.3 is 0 Å². The van der Waals surface area contributed by atoms with E-state index in [1.165, 1.54) is 0 Å². The summed E-state index contributed by atoms with van der Waals surface area (Å²) < 4.78 is 31.2. The Bertz CT molecular complexity index is 1030. The number of Topliss-reactive ketones (excluding diaryl/α,β-unsaturated/α-hetero) is 2. The summed E-state index contributed by atoms with van der Waals surface area (Å²) >= 11 is 0. The van der Waals surface area contributed by atoms with Crippen LogP contribution in [0, 0.1) is 5.41 Å². The Morgan fingerprint density at radius 1 is 0.646 bits per heavy atom. The molecule has 0 spiro atoms. The van der Waals surface area contributed by atoms with Crippen molar-refractivity contribution in [2.45, 2.75) is 83.6 Å². The molecule has 0 N–H and O–H groups in total. The highest BCUT2D eigenvalue weighted by Gasteiger charge is 2.34. The Balaban J connectivity index is 2.37. The van der Waals surface area contributed by atoms with Gasteiger partial charge in [-0.2, -0.15) is 0 Å². The number of rotatable bonds is 35. The first-order valence-electron chi connectivity index (χ1n) is 16.5. The molecule has 0 unspecified atom stereocenters. The average molecular weight is 678 g/mol. The quantitative estimate of drug-likeness (QED) is 0.0168. The van der Waals surface area contributed by atoms with E-state index in [1.807, 2.05) is 12.1 Å². The summed E-state index contributed by atoms with van der Waals surface area (Å²) in [6, 6.07) is 7.20. The fraction of sp³-hybridized carbons (Fsp3) is 0.676. The van der Waals surface area contributed by atoms with E-state index in [9.17, 15) is 24.0 Å². The van der Waals surface area contributed by atoms with Gasteiger partial charge in [0.15, 0.2) is 5.78 Å². The SMILES string of the molecule is [N-]=[N+]=NCc1ccc(C(=O)CCCCCCCCCCCC(=O)CC(COCCOC=O)(COCCOC=O)COCCOC=O)cc1. The van der Waals surface area contributed by atoms with Crippen molar-refractivity contribution >= 4 is 31.0 Å². The van der Waals surface area contributed by atoms with Crippen molar-refractivity contribution in [1.29, 1.82) is 0 Å². The molecular weight excluding hydrogens is 626 g/mol. The van der Waals surface area contributed by atoms with Gasteiger partial charge in [0.05, 0.1) is 46.2 Å². The van der Waals surface area contributed by atoms with Crippen molar-refractivity contribution in [2.75, 3.05) is 59.5 Å². The molecule has 0 atom stereocenters. The lowest BCUT2D eigenvalue weighted by atomic mass is 9.84. The Morgan fingerprint density at radius 2 is 1.08 bits per heavy atom. The number of carbonyl (C=O) groups is 5. The van der Waals surface area contributed by atoms with Crippen molar-refractivity contribution in [3.8, 4) is 0 Å². The maximum Gasteiger partial charge on any atom is 0.293 e. The van der Waals surface area contributed by atoms with Gasteiger partial charge in [0.25, 0.3) is 19.4 Å². The van der Waals surface area contributed by atoms with Crippen molar-refractivity contribution in [3.05, 3.63) is 45.8 Å². The van der Waals surface area contributed by atoms with Gasteiger partial charge in [-0.1, -0.05) is 74.3 Å². The Kier molecular flexibility index (Phi) is 25.8. The lowest BCUT2D eigenvalue weighted by Gasteiger charge is -2.32. The average Bonchev–Trinajstić information content (AvgIpc) is 3.09. The molecule has 0 radical (unpaired) electrons. The third-order valence-corrected chi connectivity index (χ3v) is 7.49. The second-order valence-corrected chi connectivity index (χ2v) is 11.5. The number of azide groups is 1. The summed E-state index contributed by atoms with van der Waals surface area (Å²) in [5.74, 6) is 0.171. The normalized spacial score (nSPS) is 10.9. The Morgan fingerprint density at radius 3 is 1.52 bits per heavy atom. The molecular formula is C34H51N3O11. The van der Waals surface area contributed by atoms with Crippen LogP contribution in [0.4, 0.5) is 0 Å². The van der Waals surface area contributed by atoms with Crippen LogP contribution in [0.3, 0.4) is 0 Å². The highest BCUT2D eigenvalue weighted by molar-refractivity contribution is 5.96. The van der Waals surface area contributed by atoms with E-state index in [2.05, 4.69) is 24.2 Å². The second kappa shape index (κ2) is 29.3. The van der Waals surface area contributed by atoms with Crippen molar-refractivity contribution < 1.29 is 52.4 Å². The van der Waals surface area contributed by atoms with Gasteiger partial charge in [0, 0.05) is 35.2 Å². The maximum atomic E-state index is 13.1. The molecule has 0 saturated heterocycles. The molecule has 0 fully saturated rings. The topological polar surface area (TPSA) is 189 Å². The van der Waals surface area contributed by atoms with Gasteiger partial charge < -0.3 is 28.4 Å². The molecule has 1 rings (SSSR count). The number of nitrogens with zero attached hydrogens (tertiary/aromatic N) is 3. The number of hydrogen-bond acceptors (Lipinski definition) is 12. The number of ketones is 2. The molecule has 0 aliphatic heterocycles. The minimum atomic E-state index is -0.843. The maximum absolute atomic E-state index is 13.1. The van der Waals surface area contributed by atoms with E-state index < -0.39 is 5.41 Å². The third kappa shape index (κ3) is 21.9. The summed E-state index contributed by atoms with van der Waals surface area (Å²) in [5.41, 5.74) is 9.12. The van der Waals surface area contributed by atoms with Crippen LogP contribution in [0.1, 0.15) is 93.0 Å². The highest BCUT2D eigenvalue weighted by Crippen LogP contribution is 2.27. The molecule has 1 aromatic rings. The van der Waals surface area contributed by atoms with Crippen molar-refractivity contribution in [2.24, 2.45) is 10.5 Å². The molecule has 1 aromatic carbocycles. The zero-order chi connectivity index (χ0) is 35.0. The van der Waals surface area contributed by atoms with Gasteiger partial charge in [-0.15, -0.1) is 0 Å².